The Kier molecular flexibility index (Phi) is 4.64. The molecule has 0 unspecified atom stereocenters. The van der Waals surface area contributed by atoms with Crippen molar-refractivity contribution in [2.45, 2.75) is 51.2 Å². The van der Waals surface area contributed by atoms with Crippen LogP contribution in [0.5, 0.6) is 0 Å². The molecule has 1 fully saturated rings. The fraction of sp³-hybridized carbons (Fsp3) is 0.667. The minimum Gasteiger partial charge on any atom is -0.364 e. The molecule has 0 spiro atoms. The number of aromatic nitrogens is 1. The molecule has 1 saturated carbocycles. The van der Waals surface area contributed by atoms with Gasteiger partial charge in [0.25, 0.3) is 5.91 Å². The fourth-order valence-electron chi connectivity index (χ4n) is 3.04. The summed E-state index contributed by atoms with van der Waals surface area (Å²) in [6.07, 6.45) is -0.609. The molecule has 1 heterocycles. The molecule has 1 aromatic rings. The zero-order valence-electron chi connectivity index (χ0n) is 12.3. The first-order valence-electron chi connectivity index (χ1n) is 7.34. The molecule has 0 atom stereocenters. The maximum atomic E-state index is 12.7. The third kappa shape index (κ3) is 3.41. The number of H-pyrrole nitrogens is 1. The summed E-state index contributed by atoms with van der Waals surface area (Å²) < 4.78 is 38.0. The van der Waals surface area contributed by atoms with Crippen molar-refractivity contribution >= 4 is 5.91 Å². The molecule has 0 aliphatic heterocycles. The lowest BCUT2D eigenvalue weighted by Gasteiger charge is -2.35. The maximum Gasteiger partial charge on any atom is 0.391 e. The Labute approximate surface area is 122 Å². The molecule has 0 radical (unpaired) electrons. The van der Waals surface area contributed by atoms with E-state index < -0.39 is 12.1 Å². The van der Waals surface area contributed by atoms with E-state index in [2.05, 4.69) is 4.98 Å². The highest BCUT2D eigenvalue weighted by molar-refractivity contribution is 5.95. The Morgan fingerprint density at radius 2 is 1.95 bits per heavy atom. The van der Waals surface area contributed by atoms with Crippen molar-refractivity contribution in [3.8, 4) is 0 Å². The summed E-state index contributed by atoms with van der Waals surface area (Å²) in [5.41, 5.74) is 1.49. The highest BCUT2D eigenvalue weighted by Crippen LogP contribution is 2.38. The number of amides is 1. The molecular formula is C15H21F3N2O. The van der Waals surface area contributed by atoms with E-state index in [0.717, 1.165) is 12.1 Å². The number of alkyl halides is 3. The summed E-state index contributed by atoms with van der Waals surface area (Å²) in [6, 6.07) is 1.63. The van der Waals surface area contributed by atoms with Crippen molar-refractivity contribution in [2.75, 3.05) is 7.05 Å². The van der Waals surface area contributed by atoms with Gasteiger partial charge in [0.1, 0.15) is 0 Å². The van der Waals surface area contributed by atoms with Crippen LogP contribution in [-0.2, 0) is 6.42 Å². The van der Waals surface area contributed by atoms with Crippen molar-refractivity contribution < 1.29 is 18.0 Å². The van der Waals surface area contributed by atoms with Gasteiger partial charge < -0.3 is 9.88 Å². The van der Waals surface area contributed by atoms with Gasteiger partial charge in [0.15, 0.2) is 0 Å². The maximum absolute atomic E-state index is 12.7. The van der Waals surface area contributed by atoms with E-state index in [4.69, 9.17) is 0 Å². The van der Waals surface area contributed by atoms with Gasteiger partial charge in [-0.2, -0.15) is 13.2 Å². The average Bonchev–Trinajstić information content (AvgIpc) is 2.93. The van der Waals surface area contributed by atoms with Crippen LogP contribution in [0.15, 0.2) is 12.3 Å². The number of aryl methyl sites for hydroxylation is 1. The van der Waals surface area contributed by atoms with Gasteiger partial charge in [-0.15, -0.1) is 0 Å². The lowest BCUT2D eigenvalue weighted by Crippen LogP contribution is -2.41. The molecule has 0 saturated heterocycles. The van der Waals surface area contributed by atoms with Crippen LogP contribution in [0.1, 0.15) is 48.7 Å². The summed E-state index contributed by atoms with van der Waals surface area (Å²) in [5.74, 6) is -1.32. The number of nitrogens with one attached hydrogen (secondary N) is 1. The quantitative estimate of drug-likeness (QED) is 0.906. The molecular weight excluding hydrogens is 281 g/mol. The van der Waals surface area contributed by atoms with E-state index >= 15 is 0 Å². The molecule has 0 aromatic carbocycles. The third-order valence-electron chi connectivity index (χ3n) is 4.44. The van der Waals surface area contributed by atoms with Gasteiger partial charge in [0, 0.05) is 25.0 Å². The molecule has 3 nitrogen and oxygen atoms in total. The lowest BCUT2D eigenvalue weighted by molar-refractivity contribution is -0.183. The zero-order chi connectivity index (χ0) is 15.6. The normalized spacial score (nSPS) is 23.1. The number of halogens is 3. The zero-order valence-corrected chi connectivity index (χ0v) is 12.3. The monoisotopic (exact) mass is 302 g/mol. The van der Waals surface area contributed by atoms with Gasteiger partial charge in [-0.1, -0.05) is 6.92 Å². The number of carbonyl (C=O) groups excluding carboxylic acids is 1. The van der Waals surface area contributed by atoms with E-state index in [0.29, 0.717) is 18.4 Å². The molecule has 1 aromatic heterocycles. The minimum absolute atomic E-state index is 0.101. The molecule has 2 rings (SSSR count). The summed E-state index contributed by atoms with van der Waals surface area (Å²) >= 11 is 0. The van der Waals surface area contributed by atoms with Crippen LogP contribution < -0.4 is 0 Å². The summed E-state index contributed by atoms with van der Waals surface area (Å²) in [4.78, 5) is 17.1. The second-order valence-corrected chi connectivity index (χ2v) is 5.69. The van der Waals surface area contributed by atoms with Gasteiger partial charge in [-0.25, -0.2) is 0 Å². The molecule has 1 aliphatic rings. The molecule has 6 heteroatoms. The Morgan fingerprint density at radius 3 is 2.48 bits per heavy atom. The Morgan fingerprint density at radius 1 is 1.33 bits per heavy atom. The summed E-state index contributed by atoms with van der Waals surface area (Å²) in [7, 11) is 1.69. The topological polar surface area (TPSA) is 36.1 Å². The third-order valence-corrected chi connectivity index (χ3v) is 4.44. The highest BCUT2D eigenvalue weighted by Gasteiger charge is 2.42. The second kappa shape index (κ2) is 6.12. The predicted molar refractivity (Wildman–Crippen MR) is 74.1 cm³/mol. The van der Waals surface area contributed by atoms with Gasteiger partial charge in [0.2, 0.25) is 0 Å². The van der Waals surface area contributed by atoms with Gasteiger partial charge in [0.05, 0.1) is 11.5 Å². The van der Waals surface area contributed by atoms with Gasteiger partial charge >= 0.3 is 6.18 Å². The lowest BCUT2D eigenvalue weighted by atomic mass is 9.85. The van der Waals surface area contributed by atoms with Crippen molar-refractivity contribution in [1.29, 1.82) is 0 Å². The predicted octanol–water partition coefficient (Wildman–Crippen LogP) is 3.77. The molecule has 1 N–H and O–H groups in total. The molecule has 21 heavy (non-hydrogen) atoms. The van der Waals surface area contributed by atoms with Gasteiger partial charge in [-0.3, -0.25) is 4.79 Å². The molecule has 1 aliphatic carbocycles. The number of hydrogen-bond donors (Lipinski definition) is 1. The molecule has 1 amide bonds. The van der Waals surface area contributed by atoms with E-state index in [-0.39, 0.29) is 24.8 Å². The Bertz CT molecular complexity index is 487. The van der Waals surface area contributed by atoms with Crippen molar-refractivity contribution in [2.24, 2.45) is 5.92 Å². The van der Waals surface area contributed by atoms with Crippen LogP contribution >= 0.6 is 0 Å². The SMILES string of the molecule is CCc1[nH]ccc1C(=O)N(C)C1CCC(C(F)(F)F)CC1. The molecule has 118 valence electrons. The van der Waals surface area contributed by atoms with Crippen molar-refractivity contribution in [3.05, 3.63) is 23.5 Å². The van der Waals surface area contributed by atoms with Crippen LogP contribution in [0.3, 0.4) is 0 Å². The van der Waals surface area contributed by atoms with E-state index in [1.54, 1.807) is 24.2 Å². The first kappa shape index (κ1) is 15.9. The standard InChI is InChI=1S/C15H21F3N2O/c1-3-13-12(8-9-19-13)14(21)20(2)11-6-4-10(5-7-11)15(16,17)18/h8-11,19H,3-7H2,1-2H3. The van der Waals surface area contributed by atoms with Crippen LogP contribution in [0, 0.1) is 5.92 Å². The molecule has 0 bridgehead atoms. The van der Waals surface area contributed by atoms with E-state index in [1.807, 2.05) is 6.92 Å². The smallest absolute Gasteiger partial charge is 0.364 e. The average molecular weight is 302 g/mol. The highest BCUT2D eigenvalue weighted by atomic mass is 19.4. The number of carbonyl (C=O) groups is 1. The van der Waals surface area contributed by atoms with Crippen LogP contribution in [0.2, 0.25) is 0 Å². The van der Waals surface area contributed by atoms with Crippen molar-refractivity contribution in [1.82, 2.24) is 9.88 Å². The summed E-state index contributed by atoms with van der Waals surface area (Å²) in [6.45, 7) is 1.96. The number of nitrogens with zero attached hydrogens (tertiary/aromatic N) is 1. The Hall–Kier alpha value is -1.46. The first-order chi connectivity index (χ1) is 9.84. The van der Waals surface area contributed by atoms with Crippen LogP contribution in [0.25, 0.3) is 0 Å². The Balaban J connectivity index is 1.99. The van der Waals surface area contributed by atoms with Crippen LogP contribution in [0.4, 0.5) is 13.2 Å². The fourth-order valence-corrected chi connectivity index (χ4v) is 3.04. The number of aromatic amines is 1. The first-order valence-corrected chi connectivity index (χ1v) is 7.34. The number of rotatable bonds is 3. The second-order valence-electron chi connectivity index (χ2n) is 5.69. The van der Waals surface area contributed by atoms with Crippen LogP contribution in [-0.4, -0.2) is 35.1 Å². The summed E-state index contributed by atoms with van der Waals surface area (Å²) in [5, 5.41) is 0. The van der Waals surface area contributed by atoms with Gasteiger partial charge in [-0.05, 0) is 38.2 Å². The largest absolute Gasteiger partial charge is 0.391 e. The number of hydrogen-bond acceptors (Lipinski definition) is 1. The minimum atomic E-state index is -4.11. The van der Waals surface area contributed by atoms with E-state index in [9.17, 15) is 18.0 Å². The van der Waals surface area contributed by atoms with E-state index in [1.165, 1.54) is 0 Å². The van der Waals surface area contributed by atoms with Crippen molar-refractivity contribution in [3.63, 3.8) is 0 Å².